The van der Waals surface area contributed by atoms with E-state index in [9.17, 15) is 0 Å². The lowest BCUT2D eigenvalue weighted by molar-refractivity contribution is 0.368. The molecule has 0 saturated carbocycles. The molecule has 0 aliphatic rings. The van der Waals surface area contributed by atoms with E-state index in [-0.39, 0.29) is 0 Å². The summed E-state index contributed by atoms with van der Waals surface area (Å²) in [7, 11) is 0. The van der Waals surface area contributed by atoms with Gasteiger partial charge in [-0.25, -0.2) is 4.98 Å². The van der Waals surface area contributed by atoms with Crippen molar-refractivity contribution in [3.63, 3.8) is 0 Å². The number of alkyl halides is 1. The molecule has 0 N–H and O–H groups in total. The minimum atomic E-state index is 0.370. The molecule has 0 aliphatic heterocycles. The third kappa shape index (κ3) is 2.58. The summed E-state index contributed by atoms with van der Waals surface area (Å²) >= 11 is 9.43. The Morgan fingerprint density at radius 1 is 1.35 bits per heavy atom. The molecule has 2 aromatic heterocycles. The van der Waals surface area contributed by atoms with Crippen molar-refractivity contribution in [2.24, 2.45) is 0 Å². The fourth-order valence-electron chi connectivity index (χ4n) is 2.15. The number of hydrogen-bond donors (Lipinski definition) is 0. The summed E-state index contributed by atoms with van der Waals surface area (Å²) in [6, 6.07) is 6.01. The van der Waals surface area contributed by atoms with Crippen LogP contribution in [0.4, 0.5) is 0 Å². The van der Waals surface area contributed by atoms with E-state index in [1.54, 1.807) is 6.92 Å². The molecule has 104 valence electrons. The number of fused-ring (bicyclic) bond motifs is 1. The zero-order chi connectivity index (χ0) is 14.1. The first kappa shape index (κ1) is 13.6. The largest absolute Gasteiger partial charge is 0.339 e. The standard InChI is InChI=1S/C13H12BrClN4O/c1-8-16-13(20-18-8)4-5-19-11-3-2-9(14)6-10(11)17-12(19)7-15/h2-3,6H,4-5,7H2,1H3. The molecule has 0 fully saturated rings. The van der Waals surface area contributed by atoms with Crippen LogP contribution in [-0.2, 0) is 18.8 Å². The van der Waals surface area contributed by atoms with Crippen LogP contribution in [0.15, 0.2) is 27.2 Å². The number of rotatable bonds is 4. The molecule has 0 saturated heterocycles. The first-order valence-electron chi connectivity index (χ1n) is 6.17. The van der Waals surface area contributed by atoms with Crippen LogP contribution in [0.2, 0.25) is 0 Å². The summed E-state index contributed by atoms with van der Waals surface area (Å²) in [5.41, 5.74) is 1.98. The Morgan fingerprint density at radius 3 is 2.90 bits per heavy atom. The molecule has 0 amide bonds. The normalized spacial score (nSPS) is 11.3. The molecule has 3 aromatic rings. The predicted octanol–water partition coefficient (Wildman–Crippen LogP) is 3.47. The highest BCUT2D eigenvalue weighted by Gasteiger charge is 2.11. The number of halogens is 2. The maximum Gasteiger partial charge on any atom is 0.228 e. The Morgan fingerprint density at radius 2 is 2.20 bits per heavy atom. The van der Waals surface area contributed by atoms with E-state index in [0.29, 0.717) is 30.6 Å². The predicted molar refractivity (Wildman–Crippen MR) is 79.7 cm³/mol. The Bertz CT molecular complexity index is 752. The molecular formula is C13H12BrClN4O. The molecule has 5 nitrogen and oxygen atoms in total. The van der Waals surface area contributed by atoms with Crippen molar-refractivity contribution in [1.82, 2.24) is 19.7 Å². The maximum absolute atomic E-state index is 5.98. The highest BCUT2D eigenvalue weighted by Crippen LogP contribution is 2.22. The first-order chi connectivity index (χ1) is 9.67. The fraction of sp³-hybridized carbons (Fsp3) is 0.308. The van der Waals surface area contributed by atoms with Crippen molar-refractivity contribution in [3.05, 3.63) is 40.2 Å². The van der Waals surface area contributed by atoms with E-state index in [4.69, 9.17) is 16.1 Å². The average molecular weight is 356 g/mol. The number of imidazole rings is 1. The van der Waals surface area contributed by atoms with Crippen LogP contribution in [0.3, 0.4) is 0 Å². The number of aryl methyl sites for hydroxylation is 3. The van der Waals surface area contributed by atoms with Crippen molar-refractivity contribution in [3.8, 4) is 0 Å². The maximum atomic E-state index is 5.98. The molecule has 7 heteroatoms. The topological polar surface area (TPSA) is 56.7 Å². The van der Waals surface area contributed by atoms with E-state index in [0.717, 1.165) is 21.3 Å². The second-order valence-corrected chi connectivity index (χ2v) is 5.61. The molecule has 0 atom stereocenters. The molecule has 0 bridgehead atoms. The van der Waals surface area contributed by atoms with E-state index >= 15 is 0 Å². The summed E-state index contributed by atoms with van der Waals surface area (Å²) < 4.78 is 8.23. The fourth-order valence-corrected chi connectivity index (χ4v) is 2.71. The van der Waals surface area contributed by atoms with Crippen molar-refractivity contribution < 1.29 is 4.52 Å². The van der Waals surface area contributed by atoms with Gasteiger partial charge in [0.15, 0.2) is 5.82 Å². The quantitative estimate of drug-likeness (QED) is 0.672. The van der Waals surface area contributed by atoms with Crippen LogP contribution in [0.5, 0.6) is 0 Å². The van der Waals surface area contributed by atoms with Gasteiger partial charge in [-0.1, -0.05) is 21.1 Å². The van der Waals surface area contributed by atoms with Gasteiger partial charge >= 0.3 is 0 Å². The number of benzene rings is 1. The first-order valence-corrected chi connectivity index (χ1v) is 7.50. The lowest BCUT2D eigenvalue weighted by atomic mass is 10.3. The second-order valence-electron chi connectivity index (χ2n) is 4.43. The highest BCUT2D eigenvalue weighted by molar-refractivity contribution is 9.10. The van der Waals surface area contributed by atoms with Gasteiger partial charge < -0.3 is 9.09 Å². The molecule has 0 spiro atoms. The van der Waals surface area contributed by atoms with E-state index in [2.05, 4.69) is 35.6 Å². The number of aromatic nitrogens is 4. The smallest absolute Gasteiger partial charge is 0.228 e. The van der Waals surface area contributed by atoms with Gasteiger partial charge in [-0.3, -0.25) is 0 Å². The lowest BCUT2D eigenvalue weighted by Crippen LogP contribution is -2.05. The van der Waals surface area contributed by atoms with E-state index < -0.39 is 0 Å². The Labute approximate surface area is 129 Å². The molecule has 0 radical (unpaired) electrons. The average Bonchev–Trinajstić information content (AvgIpc) is 2.99. The molecule has 20 heavy (non-hydrogen) atoms. The minimum Gasteiger partial charge on any atom is -0.339 e. The molecule has 0 unspecified atom stereocenters. The summed E-state index contributed by atoms with van der Waals surface area (Å²) in [6.07, 6.45) is 0.659. The van der Waals surface area contributed by atoms with Crippen molar-refractivity contribution >= 4 is 38.6 Å². The van der Waals surface area contributed by atoms with Gasteiger partial charge in [-0.2, -0.15) is 4.98 Å². The number of hydrogen-bond acceptors (Lipinski definition) is 4. The van der Waals surface area contributed by atoms with Gasteiger partial charge in [-0.05, 0) is 25.1 Å². The van der Waals surface area contributed by atoms with Crippen LogP contribution >= 0.6 is 27.5 Å². The summed E-state index contributed by atoms with van der Waals surface area (Å²) in [5, 5.41) is 3.79. The van der Waals surface area contributed by atoms with Crippen LogP contribution in [-0.4, -0.2) is 19.7 Å². The van der Waals surface area contributed by atoms with Crippen molar-refractivity contribution in [1.29, 1.82) is 0 Å². The van der Waals surface area contributed by atoms with E-state index in [1.807, 2.05) is 18.2 Å². The molecule has 1 aromatic carbocycles. The van der Waals surface area contributed by atoms with Crippen LogP contribution < -0.4 is 0 Å². The Balaban J connectivity index is 1.93. The lowest BCUT2D eigenvalue weighted by Gasteiger charge is -2.05. The summed E-state index contributed by atoms with van der Waals surface area (Å²) in [4.78, 5) is 8.75. The third-order valence-corrected chi connectivity index (χ3v) is 3.76. The Hall–Kier alpha value is -1.40. The third-order valence-electron chi connectivity index (χ3n) is 3.03. The SMILES string of the molecule is Cc1noc(CCn2c(CCl)nc3cc(Br)ccc32)n1. The van der Waals surface area contributed by atoms with Gasteiger partial charge in [0.05, 0.1) is 16.9 Å². The summed E-state index contributed by atoms with van der Waals surface area (Å²) in [5.74, 6) is 2.49. The van der Waals surface area contributed by atoms with Gasteiger partial charge in [0.2, 0.25) is 5.89 Å². The highest BCUT2D eigenvalue weighted by atomic mass is 79.9. The second kappa shape index (κ2) is 5.54. The molecule has 0 aliphatic carbocycles. The zero-order valence-electron chi connectivity index (χ0n) is 10.8. The van der Waals surface area contributed by atoms with Crippen LogP contribution in [0.1, 0.15) is 17.5 Å². The van der Waals surface area contributed by atoms with Gasteiger partial charge in [0.25, 0.3) is 0 Å². The van der Waals surface area contributed by atoms with Crippen molar-refractivity contribution in [2.45, 2.75) is 25.8 Å². The number of nitrogens with zero attached hydrogens (tertiary/aromatic N) is 4. The minimum absolute atomic E-state index is 0.370. The molecular weight excluding hydrogens is 344 g/mol. The van der Waals surface area contributed by atoms with Gasteiger partial charge in [0.1, 0.15) is 5.82 Å². The zero-order valence-corrected chi connectivity index (χ0v) is 13.1. The molecule has 3 rings (SSSR count). The van der Waals surface area contributed by atoms with Gasteiger partial charge in [0, 0.05) is 17.4 Å². The molecule has 2 heterocycles. The monoisotopic (exact) mass is 354 g/mol. The van der Waals surface area contributed by atoms with Crippen LogP contribution in [0, 0.1) is 6.92 Å². The van der Waals surface area contributed by atoms with E-state index in [1.165, 1.54) is 0 Å². The van der Waals surface area contributed by atoms with Crippen molar-refractivity contribution in [2.75, 3.05) is 0 Å². The summed E-state index contributed by atoms with van der Waals surface area (Å²) in [6.45, 7) is 2.52. The van der Waals surface area contributed by atoms with Gasteiger partial charge in [-0.15, -0.1) is 11.6 Å². The Kier molecular flexibility index (Phi) is 3.76. The van der Waals surface area contributed by atoms with Crippen LogP contribution in [0.25, 0.3) is 11.0 Å².